The number of carbonyl (C=O) groups is 2. The number of para-hydroxylation sites is 1. The Balaban J connectivity index is 3.11. The summed E-state index contributed by atoms with van der Waals surface area (Å²) in [5.74, 6) is -0.516. The molecule has 0 aromatic heterocycles. The molecule has 4 heteroatoms. The highest BCUT2D eigenvalue weighted by atomic mass is 79.9. The summed E-state index contributed by atoms with van der Waals surface area (Å²) < 4.78 is 5.12. The van der Waals surface area contributed by atoms with Gasteiger partial charge < -0.3 is 4.74 Å². The van der Waals surface area contributed by atoms with Crippen molar-refractivity contribution in [2.24, 2.45) is 0 Å². The van der Waals surface area contributed by atoms with Crippen molar-refractivity contribution in [3.63, 3.8) is 0 Å². The van der Waals surface area contributed by atoms with Crippen LogP contribution in [0.25, 0.3) is 0 Å². The van der Waals surface area contributed by atoms with Gasteiger partial charge in [-0.15, -0.1) is 0 Å². The smallest absolute Gasteiger partial charge is 0.308 e. The van der Waals surface area contributed by atoms with Crippen LogP contribution in [0, 0.1) is 0 Å². The predicted octanol–water partition coefficient (Wildman–Crippen LogP) is 2.70. The summed E-state index contributed by atoms with van der Waals surface area (Å²) in [6.45, 7) is 4.76. The number of halogens is 1. The van der Waals surface area contributed by atoms with Crippen LogP contribution >= 0.6 is 15.9 Å². The molecule has 0 N–H and O–H groups in total. The summed E-state index contributed by atoms with van der Waals surface area (Å²) in [6.07, 6.45) is 0. The van der Waals surface area contributed by atoms with E-state index in [1.807, 2.05) is 0 Å². The molecule has 0 aliphatic carbocycles. The number of hydrogen-bond donors (Lipinski definition) is 0. The Hall–Kier alpha value is -1.42. The number of hydrogen-bond acceptors (Lipinski definition) is 3. The predicted molar refractivity (Wildman–Crippen MR) is 60.1 cm³/mol. The highest BCUT2D eigenvalue weighted by molar-refractivity contribution is 9.12. The molecule has 0 saturated heterocycles. The largest absolute Gasteiger partial charge is 0.426 e. The lowest BCUT2D eigenvalue weighted by Crippen LogP contribution is -2.07. The van der Waals surface area contributed by atoms with Crippen molar-refractivity contribution in [1.29, 1.82) is 0 Å². The minimum Gasteiger partial charge on any atom is -0.426 e. The van der Waals surface area contributed by atoms with E-state index in [0.29, 0.717) is 5.56 Å². The number of ketones is 1. The molecule has 0 spiro atoms. The Kier molecular flexibility index (Phi) is 3.80. The number of allylic oxidation sites excluding steroid dienone is 1. The first-order valence-corrected chi connectivity index (χ1v) is 4.98. The van der Waals surface area contributed by atoms with Crippen LogP contribution in [0.4, 0.5) is 0 Å². The minimum atomic E-state index is -0.463. The molecule has 78 valence electrons. The zero-order chi connectivity index (χ0) is 11.4. The van der Waals surface area contributed by atoms with Gasteiger partial charge in [0.2, 0.25) is 5.78 Å². The Labute approximate surface area is 95.9 Å². The Bertz CT molecular complexity index is 424. The van der Waals surface area contributed by atoms with Crippen LogP contribution in [0.15, 0.2) is 35.3 Å². The molecular formula is C11H9BrO3. The summed E-state index contributed by atoms with van der Waals surface area (Å²) >= 11 is 2.99. The van der Waals surface area contributed by atoms with Gasteiger partial charge in [0.05, 0.1) is 10.0 Å². The van der Waals surface area contributed by atoms with Gasteiger partial charge >= 0.3 is 5.97 Å². The van der Waals surface area contributed by atoms with Crippen LogP contribution in [0.2, 0.25) is 0 Å². The quantitative estimate of drug-likeness (QED) is 0.367. The fourth-order valence-electron chi connectivity index (χ4n) is 1.04. The zero-order valence-electron chi connectivity index (χ0n) is 8.12. The lowest BCUT2D eigenvalue weighted by molar-refractivity contribution is -0.131. The summed E-state index contributed by atoms with van der Waals surface area (Å²) in [4.78, 5) is 22.4. The van der Waals surface area contributed by atoms with E-state index < -0.39 is 5.97 Å². The van der Waals surface area contributed by atoms with Crippen LogP contribution in [0.1, 0.15) is 17.3 Å². The fraction of sp³-hybridized carbons (Fsp3) is 0.0909. The van der Waals surface area contributed by atoms with Gasteiger partial charge in [-0.1, -0.05) is 18.7 Å². The molecule has 0 amide bonds. The molecule has 0 saturated carbocycles. The maximum atomic E-state index is 11.6. The Morgan fingerprint density at radius 3 is 2.47 bits per heavy atom. The molecule has 0 bridgehead atoms. The summed E-state index contributed by atoms with van der Waals surface area (Å²) in [5.41, 5.74) is 0.314. The van der Waals surface area contributed by atoms with E-state index in [-0.39, 0.29) is 16.0 Å². The highest BCUT2D eigenvalue weighted by Gasteiger charge is 2.14. The van der Waals surface area contributed by atoms with E-state index in [2.05, 4.69) is 22.5 Å². The van der Waals surface area contributed by atoms with Crippen molar-refractivity contribution in [2.45, 2.75) is 6.92 Å². The van der Waals surface area contributed by atoms with E-state index in [1.165, 1.54) is 6.92 Å². The van der Waals surface area contributed by atoms with Gasteiger partial charge in [-0.3, -0.25) is 9.59 Å². The highest BCUT2D eigenvalue weighted by Crippen LogP contribution is 2.22. The van der Waals surface area contributed by atoms with Crippen LogP contribution < -0.4 is 4.74 Å². The van der Waals surface area contributed by atoms with Gasteiger partial charge in [0.1, 0.15) is 5.75 Å². The van der Waals surface area contributed by atoms with Crippen molar-refractivity contribution in [3.8, 4) is 5.75 Å². The van der Waals surface area contributed by atoms with E-state index in [9.17, 15) is 9.59 Å². The SMILES string of the molecule is C=C(Br)C(=O)c1ccccc1OC(C)=O. The van der Waals surface area contributed by atoms with Gasteiger partial charge in [-0.2, -0.15) is 0 Å². The molecule has 1 aromatic rings. The molecule has 0 aliphatic rings. The molecule has 0 fully saturated rings. The van der Waals surface area contributed by atoms with Crippen molar-refractivity contribution >= 4 is 27.7 Å². The number of esters is 1. The van der Waals surface area contributed by atoms with Gasteiger partial charge in [-0.05, 0) is 28.1 Å². The standard InChI is InChI=1S/C11H9BrO3/c1-7(12)11(14)9-5-3-4-6-10(9)15-8(2)13/h3-6H,1H2,2H3. The zero-order valence-corrected chi connectivity index (χ0v) is 9.71. The average molecular weight is 269 g/mol. The number of benzene rings is 1. The van der Waals surface area contributed by atoms with Gasteiger partial charge in [0.15, 0.2) is 0 Å². The number of ether oxygens (including phenoxy) is 1. The van der Waals surface area contributed by atoms with Crippen LogP contribution in [0.3, 0.4) is 0 Å². The third kappa shape index (κ3) is 3.02. The first-order valence-electron chi connectivity index (χ1n) is 4.19. The number of Topliss-reactive ketones (excluding diaryl/α,β-unsaturated/α-hetero) is 1. The van der Waals surface area contributed by atoms with Crippen molar-refractivity contribution in [1.82, 2.24) is 0 Å². The Morgan fingerprint density at radius 1 is 1.33 bits per heavy atom. The number of rotatable bonds is 3. The molecule has 1 aromatic carbocycles. The molecule has 1 rings (SSSR count). The maximum absolute atomic E-state index is 11.6. The summed E-state index contributed by atoms with van der Waals surface area (Å²) in [6, 6.07) is 6.51. The molecular weight excluding hydrogens is 260 g/mol. The van der Waals surface area contributed by atoms with Crippen LogP contribution in [0.5, 0.6) is 5.75 Å². The number of carbonyl (C=O) groups excluding carboxylic acids is 2. The minimum absolute atomic E-state index is 0.224. The lowest BCUT2D eigenvalue weighted by Gasteiger charge is -2.06. The third-order valence-corrected chi connectivity index (χ3v) is 1.99. The first kappa shape index (κ1) is 11.7. The molecule has 15 heavy (non-hydrogen) atoms. The monoisotopic (exact) mass is 268 g/mol. The Morgan fingerprint density at radius 2 is 1.93 bits per heavy atom. The molecule has 0 atom stereocenters. The van der Waals surface area contributed by atoms with Crippen molar-refractivity contribution in [2.75, 3.05) is 0 Å². The third-order valence-electron chi connectivity index (χ3n) is 1.63. The van der Waals surface area contributed by atoms with Gasteiger partial charge in [0, 0.05) is 6.92 Å². The van der Waals surface area contributed by atoms with Crippen molar-refractivity contribution < 1.29 is 14.3 Å². The van der Waals surface area contributed by atoms with Crippen LogP contribution in [-0.4, -0.2) is 11.8 Å². The first-order chi connectivity index (χ1) is 7.02. The van der Waals surface area contributed by atoms with Crippen LogP contribution in [-0.2, 0) is 4.79 Å². The van der Waals surface area contributed by atoms with E-state index in [0.717, 1.165) is 0 Å². The second-order valence-electron chi connectivity index (χ2n) is 2.82. The molecule has 0 radical (unpaired) electrons. The second kappa shape index (κ2) is 4.89. The van der Waals surface area contributed by atoms with E-state index in [1.54, 1.807) is 24.3 Å². The fourth-order valence-corrected chi connectivity index (χ4v) is 1.26. The average Bonchev–Trinajstić information content (AvgIpc) is 2.16. The molecule has 0 aliphatic heterocycles. The topological polar surface area (TPSA) is 43.4 Å². The van der Waals surface area contributed by atoms with Gasteiger partial charge in [0.25, 0.3) is 0 Å². The molecule has 0 unspecified atom stereocenters. The normalized spacial score (nSPS) is 9.47. The maximum Gasteiger partial charge on any atom is 0.308 e. The van der Waals surface area contributed by atoms with E-state index in [4.69, 9.17) is 4.74 Å². The van der Waals surface area contributed by atoms with E-state index >= 15 is 0 Å². The second-order valence-corrected chi connectivity index (χ2v) is 3.78. The molecule has 3 nitrogen and oxygen atoms in total. The summed E-state index contributed by atoms with van der Waals surface area (Å²) in [5, 5.41) is 0. The van der Waals surface area contributed by atoms with Gasteiger partial charge in [-0.25, -0.2) is 0 Å². The van der Waals surface area contributed by atoms with Crippen molar-refractivity contribution in [3.05, 3.63) is 40.9 Å². The lowest BCUT2D eigenvalue weighted by atomic mass is 10.1. The summed E-state index contributed by atoms with van der Waals surface area (Å²) in [7, 11) is 0. The molecule has 0 heterocycles.